The van der Waals surface area contributed by atoms with Gasteiger partial charge in [0.1, 0.15) is 12.4 Å². The Morgan fingerprint density at radius 1 is 1.10 bits per heavy atom. The summed E-state index contributed by atoms with van der Waals surface area (Å²) in [6.45, 7) is 5.41. The van der Waals surface area contributed by atoms with Gasteiger partial charge in [0.25, 0.3) is 0 Å². The molecule has 0 amide bonds. The molecule has 0 saturated carbocycles. The Labute approximate surface area is 188 Å². The van der Waals surface area contributed by atoms with Crippen LogP contribution in [0.25, 0.3) is 5.69 Å². The van der Waals surface area contributed by atoms with Crippen molar-refractivity contribution in [2.45, 2.75) is 13.1 Å². The first-order chi connectivity index (χ1) is 13.8. The predicted molar refractivity (Wildman–Crippen MR) is 128 cm³/mol. The second-order valence-electron chi connectivity index (χ2n) is 6.12. The van der Waals surface area contributed by atoms with Gasteiger partial charge in [-0.3, -0.25) is 4.99 Å². The molecule has 0 spiro atoms. The maximum atomic E-state index is 5.70. The van der Waals surface area contributed by atoms with Crippen molar-refractivity contribution in [3.8, 4) is 11.4 Å². The maximum Gasteiger partial charge on any atom is 0.191 e. The predicted octanol–water partition coefficient (Wildman–Crippen LogP) is 3.92. The first-order valence-corrected chi connectivity index (χ1v) is 9.15. The van der Waals surface area contributed by atoms with E-state index in [9.17, 15) is 0 Å². The third-order valence-electron chi connectivity index (χ3n) is 4.12. The van der Waals surface area contributed by atoms with Gasteiger partial charge in [0.2, 0.25) is 0 Å². The van der Waals surface area contributed by atoms with Gasteiger partial charge < -0.3 is 15.4 Å². The van der Waals surface area contributed by atoms with Crippen molar-refractivity contribution >= 4 is 29.9 Å². The standard InChI is InChI=1S/C22H25N5O.HI/c1-3-13-28-21-12-8-7-9-19(21)16-25-22(23-2)24-14-18-15-26-27(17-18)20-10-5-4-6-11-20;/h3-12,15,17H,1,13-14,16H2,2H3,(H2,23,24,25);1H. The van der Waals surface area contributed by atoms with Crippen molar-refractivity contribution < 1.29 is 4.74 Å². The molecule has 0 bridgehead atoms. The lowest BCUT2D eigenvalue weighted by molar-refractivity contribution is 0.358. The zero-order valence-electron chi connectivity index (χ0n) is 16.4. The van der Waals surface area contributed by atoms with Crippen molar-refractivity contribution in [1.82, 2.24) is 20.4 Å². The van der Waals surface area contributed by atoms with Crippen molar-refractivity contribution in [2.75, 3.05) is 13.7 Å². The van der Waals surface area contributed by atoms with E-state index in [1.165, 1.54) is 0 Å². The van der Waals surface area contributed by atoms with Crippen LogP contribution in [0.5, 0.6) is 5.75 Å². The largest absolute Gasteiger partial charge is 0.489 e. The molecule has 1 aromatic heterocycles. The minimum absolute atomic E-state index is 0. The summed E-state index contributed by atoms with van der Waals surface area (Å²) in [5.41, 5.74) is 3.16. The molecule has 1 heterocycles. The summed E-state index contributed by atoms with van der Waals surface area (Å²) < 4.78 is 7.56. The van der Waals surface area contributed by atoms with Gasteiger partial charge in [-0.1, -0.05) is 49.1 Å². The van der Waals surface area contributed by atoms with Crippen LogP contribution in [0.15, 0.2) is 84.6 Å². The first kappa shape index (κ1) is 22.5. The van der Waals surface area contributed by atoms with Gasteiger partial charge in [0, 0.05) is 37.5 Å². The maximum absolute atomic E-state index is 5.70. The van der Waals surface area contributed by atoms with E-state index in [1.54, 1.807) is 13.1 Å². The third-order valence-corrected chi connectivity index (χ3v) is 4.12. The Kier molecular flexibility index (Phi) is 9.23. The van der Waals surface area contributed by atoms with E-state index >= 15 is 0 Å². The Morgan fingerprint density at radius 2 is 1.83 bits per heavy atom. The number of para-hydroxylation sites is 2. The molecule has 2 N–H and O–H groups in total. The van der Waals surface area contributed by atoms with Gasteiger partial charge in [0.15, 0.2) is 5.96 Å². The molecule has 0 aliphatic heterocycles. The second-order valence-corrected chi connectivity index (χ2v) is 6.12. The third kappa shape index (κ3) is 6.63. The Morgan fingerprint density at radius 3 is 2.59 bits per heavy atom. The quantitative estimate of drug-likeness (QED) is 0.212. The molecule has 2 aromatic carbocycles. The average Bonchev–Trinajstić information content (AvgIpc) is 3.23. The summed E-state index contributed by atoms with van der Waals surface area (Å²) in [4.78, 5) is 4.29. The van der Waals surface area contributed by atoms with Gasteiger partial charge in [-0.25, -0.2) is 4.68 Å². The molecule has 3 aromatic rings. The van der Waals surface area contributed by atoms with Crippen LogP contribution in [0.2, 0.25) is 0 Å². The number of aromatic nitrogens is 2. The van der Waals surface area contributed by atoms with Gasteiger partial charge in [-0.2, -0.15) is 5.10 Å². The number of guanidine groups is 1. The van der Waals surface area contributed by atoms with Crippen LogP contribution in [-0.4, -0.2) is 29.4 Å². The van der Waals surface area contributed by atoms with Crippen LogP contribution < -0.4 is 15.4 Å². The zero-order chi connectivity index (χ0) is 19.6. The van der Waals surface area contributed by atoms with E-state index in [4.69, 9.17) is 4.74 Å². The Bertz CT molecular complexity index is 924. The minimum Gasteiger partial charge on any atom is -0.489 e. The fourth-order valence-electron chi connectivity index (χ4n) is 2.70. The number of ether oxygens (including phenoxy) is 1. The average molecular weight is 503 g/mol. The number of hydrogen-bond donors (Lipinski definition) is 2. The van der Waals surface area contributed by atoms with Crippen LogP contribution in [0, 0.1) is 0 Å². The highest BCUT2D eigenvalue weighted by atomic mass is 127. The highest BCUT2D eigenvalue weighted by Crippen LogP contribution is 2.17. The van der Waals surface area contributed by atoms with Gasteiger partial charge >= 0.3 is 0 Å². The summed E-state index contributed by atoms with van der Waals surface area (Å²) >= 11 is 0. The van der Waals surface area contributed by atoms with Gasteiger partial charge in [0.05, 0.1) is 11.9 Å². The number of nitrogens with zero attached hydrogens (tertiary/aromatic N) is 3. The minimum atomic E-state index is 0. The summed E-state index contributed by atoms with van der Waals surface area (Å²) in [6, 6.07) is 18.0. The molecular weight excluding hydrogens is 477 g/mol. The number of rotatable bonds is 8. The molecule has 29 heavy (non-hydrogen) atoms. The van der Waals surface area contributed by atoms with Crippen LogP contribution in [0.3, 0.4) is 0 Å². The number of aliphatic imine (C=N–C) groups is 1. The lowest BCUT2D eigenvalue weighted by atomic mass is 10.2. The van der Waals surface area contributed by atoms with Crippen molar-refractivity contribution in [3.63, 3.8) is 0 Å². The lowest BCUT2D eigenvalue weighted by Crippen LogP contribution is -2.36. The van der Waals surface area contributed by atoms with Crippen LogP contribution in [0.1, 0.15) is 11.1 Å². The van der Waals surface area contributed by atoms with Gasteiger partial charge in [-0.05, 0) is 18.2 Å². The molecule has 0 atom stereocenters. The topological polar surface area (TPSA) is 63.5 Å². The first-order valence-electron chi connectivity index (χ1n) is 9.15. The molecule has 0 unspecified atom stereocenters. The van der Waals surface area contributed by atoms with Gasteiger partial charge in [-0.15, -0.1) is 24.0 Å². The number of halogens is 1. The molecular formula is C22H26IN5O. The van der Waals surface area contributed by atoms with Crippen molar-refractivity contribution in [2.24, 2.45) is 4.99 Å². The smallest absolute Gasteiger partial charge is 0.191 e. The number of benzene rings is 2. The summed E-state index contributed by atoms with van der Waals surface area (Å²) in [6.07, 6.45) is 5.60. The van der Waals surface area contributed by atoms with E-state index in [1.807, 2.05) is 71.7 Å². The lowest BCUT2D eigenvalue weighted by Gasteiger charge is -2.14. The number of hydrogen-bond acceptors (Lipinski definition) is 3. The van der Waals surface area contributed by atoms with Crippen molar-refractivity contribution in [3.05, 3.63) is 90.8 Å². The number of nitrogens with one attached hydrogen (secondary N) is 2. The summed E-state index contributed by atoms with van der Waals surface area (Å²) in [5.74, 6) is 1.56. The molecule has 0 aliphatic rings. The van der Waals surface area contributed by atoms with Crippen LogP contribution >= 0.6 is 24.0 Å². The van der Waals surface area contributed by atoms with E-state index in [0.717, 1.165) is 22.6 Å². The molecule has 6 nitrogen and oxygen atoms in total. The van der Waals surface area contributed by atoms with Crippen LogP contribution in [-0.2, 0) is 13.1 Å². The molecule has 0 fully saturated rings. The second kappa shape index (κ2) is 11.9. The summed E-state index contributed by atoms with van der Waals surface area (Å²) in [5, 5.41) is 11.0. The van der Waals surface area contributed by atoms with E-state index in [2.05, 4.69) is 27.3 Å². The molecule has 0 radical (unpaired) electrons. The fourth-order valence-corrected chi connectivity index (χ4v) is 2.70. The Hall–Kier alpha value is -2.81. The Balaban J connectivity index is 0.00000300. The van der Waals surface area contributed by atoms with Crippen LogP contribution in [0.4, 0.5) is 0 Å². The SMILES string of the molecule is C=CCOc1ccccc1CNC(=NC)NCc1cnn(-c2ccccc2)c1.I. The molecule has 152 valence electrons. The zero-order valence-corrected chi connectivity index (χ0v) is 18.7. The normalized spacial score (nSPS) is 10.7. The fraction of sp³-hybridized carbons (Fsp3) is 0.182. The molecule has 0 saturated heterocycles. The van der Waals surface area contributed by atoms with E-state index in [0.29, 0.717) is 25.7 Å². The van der Waals surface area contributed by atoms with E-state index in [-0.39, 0.29) is 24.0 Å². The monoisotopic (exact) mass is 503 g/mol. The highest BCUT2D eigenvalue weighted by Gasteiger charge is 2.05. The highest BCUT2D eigenvalue weighted by molar-refractivity contribution is 14.0. The summed E-state index contributed by atoms with van der Waals surface area (Å²) in [7, 11) is 1.75. The van der Waals surface area contributed by atoms with E-state index < -0.39 is 0 Å². The molecule has 0 aliphatic carbocycles. The molecule has 7 heteroatoms. The molecule has 3 rings (SSSR count). The van der Waals surface area contributed by atoms with Crippen molar-refractivity contribution in [1.29, 1.82) is 0 Å².